The van der Waals surface area contributed by atoms with Crippen molar-refractivity contribution >= 4 is 6.03 Å². The van der Waals surface area contributed by atoms with Gasteiger partial charge in [-0.2, -0.15) is 0 Å². The highest BCUT2D eigenvalue weighted by atomic mass is 19.1. The zero-order chi connectivity index (χ0) is 17.6. The van der Waals surface area contributed by atoms with Gasteiger partial charge in [-0.3, -0.25) is 4.98 Å². The number of hydrogen-bond donors (Lipinski definition) is 2. The molecule has 2 amide bonds. The zero-order valence-electron chi connectivity index (χ0n) is 13.0. The Hall–Kier alpha value is -3.36. The van der Waals surface area contributed by atoms with Gasteiger partial charge in [-0.25, -0.2) is 18.3 Å². The fraction of sp³-hybridized carbons (Fsp3) is 0.125. The second-order valence-corrected chi connectivity index (χ2v) is 5.13. The van der Waals surface area contributed by atoms with Crippen LogP contribution in [0.3, 0.4) is 0 Å². The Labute approximate surface area is 141 Å². The lowest BCUT2D eigenvalue weighted by Crippen LogP contribution is -2.34. The van der Waals surface area contributed by atoms with Gasteiger partial charge in [0.15, 0.2) is 0 Å². The fourth-order valence-corrected chi connectivity index (χ4v) is 2.08. The van der Waals surface area contributed by atoms with E-state index in [4.69, 9.17) is 0 Å². The van der Waals surface area contributed by atoms with E-state index in [1.165, 1.54) is 6.07 Å². The molecule has 25 heavy (non-hydrogen) atoms. The normalized spacial score (nSPS) is 10.5. The van der Waals surface area contributed by atoms with E-state index in [0.717, 1.165) is 17.8 Å². The van der Waals surface area contributed by atoms with Gasteiger partial charge >= 0.3 is 6.03 Å². The number of carbonyl (C=O) groups is 1. The van der Waals surface area contributed by atoms with Crippen molar-refractivity contribution in [2.75, 3.05) is 0 Å². The number of nitrogens with one attached hydrogen (secondary N) is 2. The van der Waals surface area contributed by atoms with Crippen molar-refractivity contribution < 1.29 is 13.6 Å². The average molecular weight is 344 g/mol. The summed E-state index contributed by atoms with van der Waals surface area (Å²) in [5.41, 5.74) is 1.55. The maximum Gasteiger partial charge on any atom is 0.315 e. The van der Waals surface area contributed by atoms with Gasteiger partial charge in [0.2, 0.25) is 0 Å². The van der Waals surface area contributed by atoms with E-state index >= 15 is 0 Å². The Morgan fingerprint density at radius 2 is 1.84 bits per heavy atom. The molecule has 0 fully saturated rings. The van der Waals surface area contributed by atoms with Gasteiger partial charge in [-0.1, -0.05) is 11.3 Å². The lowest BCUT2D eigenvalue weighted by molar-refractivity contribution is 0.240. The minimum absolute atomic E-state index is 0.0539. The Bertz CT molecular complexity index is 868. The number of aromatic nitrogens is 4. The smallest absolute Gasteiger partial charge is 0.315 e. The Balaban J connectivity index is 1.50. The molecule has 9 heteroatoms. The first-order valence-corrected chi connectivity index (χ1v) is 7.39. The van der Waals surface area contributed by atoms with Gasteiger partial charge < -0.3 is 10.6 Å². The second-order valence-electron chi connectivity index (χ2n) is 5.13. The van der Waals surface area contributed by atoms with E-state index in [2.05, 4.69) is 25.9 Å². The molecular weight excluding hydrogens is 330 g/mol. The number of benzene rings is 1. The molecule has 0 aliphatic heterocycles. The Morgan fingerprint density at radius 1 is 1.08 bits per heavy atom. The molecule has 0 atom stereocenters. The first-order valence-electron chi connectivity index (χ1n) is 7.39. The van der Waals surface area contributed by atoms with Crippen LogP contribution in [0.25, 0.3) is 5.69 Å². The molecule has 128 valence electrons. The van der Waals surface area contributed by atoms with Crippen molar-refractivity contribution in [2.45, 2.75) is 13.1 Å². The highest BCUT2D eigenvalue weighted by molar-refractivity contribution is 5.73. The fourth-order valence-electron chi connectivity index (χ4n) is 2.08. The number of halogens is 2. The zero-order valence-corrected chi connectivity index (χ0v) is 13.0. The highest BCUT2D eigenvalue weighted by Crippen LogP contribution is 2.09. The number of amides is 2. The largest absolute Gasteiger partial charge is 0.334 e. The summed E-state index contributed by atoms with van der Waals surface area (Å²) >= 11 is 0. The van der Waals surface area contributed by atoms with Gasteiger partial charge in [0, 0.05) is 30.6 Å². The van der Waals surface area contributed by atoms with Gasteiger partial charge in [0.25, 0.3) is 0 Å². The van der Waals surface area contributed by atoms with Crippen LogP contribution in [0.2, 0.25) is 0 Å². The molecule has 0 radical (unpaired) electrons. The van der Waals surface area contributed by atoms with Crippen LogP contribution in [0.15, 0.2) is 48.9 Å². The molecule has 0 aliphatic rings. The van der Waals surface area contributed by atoms with Crippen LogP contribution in [-0.4, -0.2) is 26.0 Å². The van der Waals surface area contributed by atoms with Crippen molar-refractivity contribution in [3.05, 3.63) is 71.8 Å². The Kier molecular flexibility index (Phi) is 4.93. The topological polar surface area (TPSA) is 84.7 Å². The quantitative estimate of drug-likeness (QED) is 0.741. The van der Waals surface area contributed by atoms with Crippen LogP contribution in [0.4, 0.5) is 13.6 Å². The van der Waals surface area contributed by atoms with Crippen LogP contribution < -0.4 is 10.6 Å². The van der Waals surface area contributed by atoms with Crippen LogP contribution >= 0.6 is 0 Å². The number of hydrogen-bond acceptors (Lipinski definition) is 4. The molecule has 0 spiro atoms. The summed E-state index contributed by atoms with van der Waals surface area (Å²) in [6.07, 6.45) is 4.95. The predicted molar refractivity (Wildman–Crippen MR) is 84.6 cm³/mol. The van der Waals surface area contributed by atoms with E-state index in [0.29, 0.717) is 5.69 Å². The van der Waals surface area contributed by atoms with Crippen LogP contribution in [0.5, 0.6) is 0 Å². The molecule has 0 aliphatic carbocycles. The van der Waals surface area contributed by atoms with Gasteiger partial charge in [0.1, 0.15) is 17.3 Å². The van der Waals surface area contributed by atoms with Gasteiger partial charge in [-0.05, 0) is 18.2 Å². The monoisotopic (exact) mass is 344 g/mol. The van der Waals surface area contributed by atoms with E-state index < -0.39 is 17.7 Å². The molecule has 1 aromatic carbocycles. The number of carbonyl (C=O) groups excluding carboxylic acids is 1. The van der Waals surface area contributed by atoms with E-state index in [1.807, 2.05) is 0 Å². The molecule has 0 bridgehead atoms. The molecule has 0 saturated carbocycles. The lowest BCUT2D eigenvalue weighted by atomic mass is 10.2. The van der Waals surface area contributed by atoms with E-state index in [-0.39, 0.29) is 18.7 Å². The minimum atomic E-state index is -0.708. The van der Waals surface area contributed by atoms with Crippen LogP contribution in [0, 0.1) is 11.6 Å². The summed E-state index contributed by atoms with van der Waals surface area (Å²) in [6.45, 7) is 0.102. The molecule has 2 N–H and O–H groups in total. The third-order valence-electron chi connectivity index (χ3n) is 3.35. The van der Waals surface area contributed by atoms with Crippen molar-refractivity contribution in [1.29, 1.82) is 0 Å². The third kappa shape index (κ3) is 4.34. The number of urea groups is 1. The summed E-state index contributed by atoms with van der Waals surface area (Å²) < 4.78 is 27.9. The maximum atomic E-state index is 13.5. The van der Waals surface area contributed by atoms with Crippen LogP contribution in [0.1, 0.15) is 11.3 Å². The Morgan fingerprint density at radius 3 is 2.60 bits per heavy atom. The summed E-state index contributed by atoms with van der Waals surface area (Å²) in [5.74, 6) is -1.37. The van der Waals surface area contributed by atoms with Gasteiger partial charge in [0.05, 0.1) is 18.4 Å². The van der Waals surface area contributed by atoms with Crippen LogP contribution in [-0.2, 0) is 13.1 Å². The molecule has 7 nitrogen and oxygen atoms in total. The summed E-state index contributed by atoms with van der Waals surface area (Å²) in [5, 5.41) is 13.0. The summed E-state index contributed by atoms with van der Waals surface area (Å²) in [4.78, 5) is 15.7. The SMILES string of the molecule is O=C(NCc1cn(-c2ccncc2)nn1)NCc1ccc(F)cc1F. The summed E-state index contributed by atoms with van der Waals surface area (Å²) in [6, 6.07) is 6.24. The molecule has 3 aromatic rings. The predicted octanol–water partition coefficient (Wildman–Crippen LogP) is 1.94. The average Bonchev–Trinajstić information content (AvgIpc) is 3.09. The van der Waals surface area contributed by atoms with Crippen molar-refractivity contribution in [2.24, 2.45) is 0 Å². The number of rotatable bonds is 5. The van der Waals surface area contributed by atoms with Crippen molar-refractivity contribution in [3.8, 4) is 5.69 Å². The first kappa shape index (κ1) is 16.5. The van der Waals surface area contributed by atoms with Gasteiger partial charge in [-0.15, -0.1) is 5.10 Å². The maximum absolute atomic E-state index is 13.5. The summed E-state index contributed by atoms with van der Waals surface area (Å²) in [7, 11) is 0. The minimum Gasteiger partial charge on any atom is -0.334 e. The second kappa shape index (κ2) is 7.47. The molecule has 0 saturated heterocycles. The number of nitrogens with zero attached hydrogens (tertiary/aromatic N) is 4. The third-order valence-corrected chi connectivity index (χ3v) is 3.35. The number of pyridine rings is 1. The standard InChI is InChI=1S/C16H14F2N6O/c17-12-2-1-11(15(18)7-12)8-20-16(25)21-9-13-10-24(23-22-13)14-3-5-19-6-4-14/h1-7,10H,8-9H2,(H2,20,21,25). The van der Waals surface area contributed by atoms with Crippen molar-refractivity contribution in [1.82, 2.24) is 30.6 Å². The van der Waals surface area contributed by atoms with E-state index in [9.17, 15) is 13.6 Å². The highest BCUT2D eigenvalue weighted by Gasteiger charge is 2.07. The van der Waals surface area contributed by atoms with E-state index in [1.54, 1.807) is 35.4 Å². The lowest BCUT2D eigenvalue weighted by Gasteiger charge is -2.07. The molecule has 3 rings (SSSR count). The molecular formula is C16H14F2N6O. The molecule has 2 heterocycles. The van der Waals surface area contributed by atoms with Crippen molar-refractivity contribution in [3.63, 3.8) is 0 Å². The first-order chi connectivity index (χ1) is 12.1. The molecule has 2 aromatic heterocycles. The molecule has 0 unspecified atom stereocenters.